The Morgan fingerprint density at radius 3 is 2.69 bits per heavy atom. The Labute approximate surface area is 78.7 Å². The van der Waals surface area contributed by atoms with Crippen LogP contribution in [-0.2, 0) is 0 Å². The molecule has 3 nitrogen and oxygen atoms in total. The molecule has 0 aliphatic rings. The van der Waals surface area contributed by atoms with Crippen molar-refractivity contribution in [3.63, 3.8) is 0 Å². The molecule has 0 saturated heterocycles. The van der Waals surface area contributed by atoms with Gasteiger partial charge in [-0.3, -0.25) is 0 Å². The smallest absolute Gasteiger partial charge is 0.339 e. The molecule has 0 unspecified atom stereocenters. The number of carbonyl (C=O) groups is 1. The minimum absolute atomic E-state index is 0.0319. The Kier molecular flexibility index (Phi) is 2.72. The largest absolute Gasteiger partial charge is 0.494 e. The summed E-state index contributed by atoms with van der Waals surface area (Å²) in [5.41, 5.74) is -0.285. The summed E-state index contributed by atoms with van der Waals surface area (Å²) in [5.74, 6) is -2.02. The van der Waals surface area contributed by atoms with Crippen LogP contribution < -0.4 is 4.74 Å². The lowest BCUT2D eigenvalue weighted by molar-refractivity contribution is 0.0692. The minimum atomic E-state index is -1.28. The van der Waals surface area contributed by atoms with E-state index >= 15 is 0 Å². The van der Waals surface area contributed by atoms with Gasteiger partial charge in [-0.1, -0.05) is 11.6 Å². The van der Waals surface area contributed by atoms with Crippen LogP contribution in [0.25, 0.3) is 0 Å². The maximum atomic E-state index is 12.7. The molecule has 0 amide bonds. The number of hydrogen-bond acceptors (Lipinski definition) is 2. The summed E-state index contributed by atoms with van der Waals surface area (Å²) in [6, 6.07) is 1.85. The van der Waals surface area contributed by atoms with Crippen molar-refractivity contribution in [1.29, 1.82) is 0 Å². The van der Waals surface area contributed by atoms with Crippen LogP contribution in [0.4, 0.5) is 4.39 Å². The summed E-state index contributed by atoms with van der Waals surface area (Å²) < 4.78 is 17.4. The molecule has 5 heteroatoms. The molecule has 0 aliphatic heterocycles. The molecule has 0 aliphatic carbocycles. The van der Waals surface area contributed by atoms with Gasteiger partial charge in [0.2, 0.25) is 0 Å². The first-order chi connectivity index (χ1) is 6.06. The van der Waals surface area contributed by atoms with Crippen molar-refractivity contribution in [1.82, 2.24) is 0 Å². The average Bonchev–Trinajstić information content (AvgIpc) is 2.02. The molecule has 1 aromatic carbocycles. The maximum absolute atomic E-state index is 12.7. The Morgan fingerprint density at radius 1 is 1.62 bits per heavy atom. The van der Waals surface area contributed by atoms with Crippen LogP contribution in [0.2, 0.25) is 5.02 Å². The molecule has 0 bridgehead atoms. The molecule has 0 radical (unpaired) electrons. The summed E-state index contributed by atoms with van der Waals surface area (Å²) in [6.45, 7) is 0. The molecule has 0 saturated carbocycles. The van der Waals surface area contributed by atoms with E-state index in [4.69, 9.17) is 21.4 Å². The Bertz CT molecular complexity index is 351. The van der Waals surface area contributed by atoms with E-state index in [1.54, 1.807) is 0 Å². The molecule has 1 aromatic rings. The number of methoxy groups -OCH3 is 1. The predicted octanol–water partition coefficient (Wildman–Crippen LogP) is 2.19. The van der Waals surface area contributed by atoms with Crippen LogP contribution in [0.3, 0.4) is 0 Å². The molecule has 0 spiro atoms. The van der Waals surface area contributed by atoms with E-state index in [9.17, 15) is 9.18 Å². The van der Waals surface area contributed by atoms with Gasteiger partial charge in [0.25, 0.3) is 0 Å². The van der Waals surface area contributed by atoms with Crippen molar-refractivity contribution in [2.45, 2.75) is 0 Å². The second kappa shape index (κ2) is 3.62. The first-order valence-corrected chi connectivity index (χ1v) is 3.70. The predicted molar refractivity (Wildman–Crippen MR) is 44.9 cm³/mol. The lowest BCUT2D eigenvalue weighted by atomic mass is 10.2. The standard InChI is InChI=1S/C8H6ClFO3/c1-13-7-5(8(11)12)2-4(10)3-6(7)9/h2-3H,1H3,(H,11,12). The second-order valence-corrected chi connectivity index (χ2v) is 2.68. The molecular formula is C8H6ClFO3. The van der Waals surface area contributed by atoms with Gasteiger partial charge in [0.15, 0.2) is 5.75 Å². The van der Waals surface area contributed by atoms with Crippen molar-refractivity contribution in [3.05, 3.63) is 28.5 Å². The summed E-state index contributed by atoms with van der Waals surface area (Å²) in [4.78, 5) is 10.6. The van der Waals surface area contributed by atoms with Gasteiger partial charge in [0.05, 0.1) is 12.1 Å². The molecule has 0 heterocycles. The summed E-state index contributed by atoms with van der Waals surface area (Å²) in [5, 5.41) is 8.58. The Balaban J connectivity index is 3.38. The summed E-state index contributed by atoms with van der Waals surface area (Å²) >= 11 is 5.55. The number of rotatable bonds is 2. The number of carboxylic acid groups (broad SMARTS) is 1. The fourth-order valence-corrected chi connectivity index (χ4v) is 1.21. The van der Waals surface area contributed by atoms with Gasteiger partial charge in [0, 0.05) is 0 Å². The normalized spacial score (nSPS) is 9.77. The molecule has 0 fully saturated rings. The van der Waals surface area contributed by atoms with E-state index in [2.05, 4.69) is 0 Å². The Morgan fingerprint density at radius 2 is 2.23 bits per heavy atom. The highest BCUT2D eigenvalue weighted by Crippen LogP contribution is 2.29. The monoisotopic (exact) mass is 204 g/mol. The van der Waals surface area contributed by atoms with Crippen molar-refractivity contribution >= 4 is 17.6 Å². The van der Waals surface area contributed by atoms with Crippen LogP contribution in [0.5, 0.6) is 5.75 Å². The molecule has 1 N–H and O–H groups in total. The van der Waals surface area contributed by atoms with Crippen molar-refractivity contribution < 1.29 is 19.0 Å². The zero-order chi connectivity index (χ0) is 10.0. The lowest BCUT2D eigenvalue weighted by Crippen LogP contribution is -2.01. The summed E-state index contributed by atoms with van der Waals surface area (Å²) in [7, 11) is 1.27. The minimum Gasteiger partial charge on any atom is -0.494 e. The molecule has 1 rings (SSSR count). The van der Waals surface area contributed by atoms with Crippen molar-refractivity contribution in [2.24, 2.45) is 0 Å². The van der Waals surface area contributed by atoms with Crippen LogP contribution in [0, 0.1) is 5.82 Å². The third-order valence-electron chi connectivity index (χ3n) is 1.44. The van der Waals surface area contributed by atoms with Gasteiger partial charge < -0.3 is 9.84 Å². The quantitative estimate of drug-likeness (QED) is 0.803. The highest BCUT2D eigenvalue weighted by molar-refractivity contribution is 6.32. The molecule has 70 valence electrons. The number of aromatic carboxylic acids is 1. The van der Waals surface area contributed by atoms with Crippen LogP contribution in [0.15, 0.2) is 12.1 Å². The topological polar surface area (TPSA) is 46.5 Å². The fraction of sp³-hybridized carbons (Fsp3) is 0.125. The molecule has 0 atom stereocenters. The highest BCUT2D eigenvalue weighted by atomic mass is 35.5. The van der Waals surface area contributed by atoms with E-state index in [-0.39, 0.29) is 16.3 Å². The zero-order valence-electron chi connectivity index (χ0n) is 6.67. The van der Waals surface area contributed by atoms with Gasteiger partial charge in [0.1, 0.15) is 11.4 Å². The van der Waals surface area contributed by atoms with E-state index < -0.39 is 11.8 Å². The second-order valence-electron chi connectivity index (χ2n) is 2.27. The van der Waals surface area contributed by atoms with Crippen molar-refractivity contribution in [3.8, 4) is 5.75 Å². The Hall–Kier alpha value is -1.29. The number of benzene rings is 1. The van der Waals surface area contributed by atoms with Gasteiger partial charge >= 0.3 is 5.97 Å². The molecule has 13 heavy (non-hydrogen) atoms. The summed E-state index contributed by atoms with van der Waals surface area (Å²) in [6.07, 6.45) is 0. The van der Waals surface area contributed by atoms with Crippen molar-refractivity contribution in [2.75, 3.05) is 7.11 Å². The van der Waals surface area contributed by atoms with Gasteiger partial charge in [-0.25, -0.2) is 9.18 Å². The van der Waals surface area contributed by atoms with E-state index in [0.29, 0.717) is 0 Å². The van der Waals surface area contributed by atoms with Gasteiger partial charge in [-0.15, -0.1) is 0 Å². The van der Waals surface area contributed by atoms with Crippen LogP contribution in [-0.4, -0.2) is 18.2 Å². The number of hydrogen-bond donors (Lipinski definition) is 1. The third kappa shape index (κ3) is 1.89. The van der Waals surface area contributed by atoms with Gasteiger partial charge in [-0.05, 0) is 12.1 Å². The highest BCUT2D eigenvalue weighted by Gasteiger charge is 2.15. The first-order valence-electron chi connectivity index (χ1n) is 3.32. The van der Waals surface area contributed by atoms with Crippen LogP contribution >= 0.6 is 11.6 Å². The van der Waals surface area contributed by atoms with Gasteiger partial charge in [-0.2, -0.15) is 0 Å². The number of halogens is 2. The van der Waals surface area contributed by atoms with Crippen LogP contribution in [0.1, 0.15) is 10.4 Å². The number of carboxylic acids is 1. The van der Waals surface area contributed by atoms with E-state index in [1.165, 1.54) is 7.11 Å². The van der Waals surface area contributed by atoms with E-state index in [0.717, 1.165) is 12.1 Å². The fourth-order valence-electron chi connectivity index (χ4n) is 0.927. The molecular weight excluding hydrogens is 199 g/mol. The molecule has 0 aromatic heterocycles. The lowest BCUT2D eigenvalue weighted by Gasteiger charge is -2.06. The number of ether oxygens (including phenoxy) is 1. The van der Waals surface area contributed by atoms with E-state index in [1.807, 2.05) is 0 Å². The third-order valence-corrected chi connectivity index (χ3v) is 1.72. The first kappa shape index (κ1) is 9.80. The SMILES string of the molecule is COc1c(Cl)cc(F)cc1C(=O)O. The average molecular weight is 205 g/mol. The maximum Gasteiger partial charge on any atom is 0.339 e. The zero-order valence-corrected chi connectivity index (χ0v) is 7.43.